The zero-order chi connectivity index (χ0) is 27.3. The van der Waals surface area contributed by atoms with Crippen LogP contribution in [0.15, 0.2) is 54.9 Å². The van der Waals surface area contributed by atoms with Gasteiger partial charge in [-0.3, -0.25) is 19.5 Å². The van der Waals surface area contributed by atoms with Gasteiger partial charge in [0.05, 0.1) is 30.3 Å². The Bertz CT molecular complexity index is 1290. The molecular formula is C26H27F3N6O3. The third kappa shape index (κ3) is 7.26. The Hall–Kier alpha value is -4.03. The number of piperazine rings is 1. The van der Waals surface area contributed by atoms with E-state index in [1.54, 1.807) is 0 Å². The summed E-state index contributed by atoms with van der Waals surface area (Å²) >= 11 is 0. The van der Waals surface area contributed by atoms with Crippen LogP contribution in [0.3, 0.4) is 0 Å². The lowest BCUT2D eigenvalue weighted by molar-refractivity contribution is -0.274. The number of likely N-dealkylation sites (N-methyl/N-ethyl adjacent to an activating group) is 1. The summed E-state index contributed by atoms with van der Waals surface area (Å²) in [4.78, 5) is 38.0. The first kappa shape index (κ1) is 27.0. The van der Waals surface area contributed by atoms with Gasteiger partial charge in [-0.1, -0.05) is 24.3 Å². The van der Waals surface area contributed by atoms with E-state index in [2.05, 4.69) is 30.2 Å². The molecule has 4 rings (SSSR count). The van der Waals surface area contributed by atoms with E-state index in [-0.39, 0.29) is 23.6 Å². The van der Waals surface area contributed by atoms with Crippen LogP contribution in [0.1, 0.15) is 15.9 Å². The normalized spacial score (nSPS) is 14.7. The van der Waals surface area contributed by atoms with Crippen LogP contribution < -0.4 is 15.4 Å². The molecule has 1 aliphatic rings. The van der Waals surface area contributed by atoms with E-state index in [0.717, 1.165) is 36.3 Å². The number of halogens is 3. The number of carbonyl (C=O) groups excluding carboxylic acids is 2. The number of anilines is 2. The van der Waals surface area contributed by atoms with E-state index < -0.39 is 23.9 Å². The van der Waals surface area contributed by atoms with Crippen LogP contribution in [-0.4, -0.2) is 77.7 Å². The Morgan fingerprint density at radius 1 is 1.00 bits per heavy atom. The number of amides is 2. The fourth-order valence-electron chi connectivity index (χ4n) is 3.96. The number of hydrogen-bond donors (Lipinski definition) is 2. The molecule has 2 N–H and O–H groups in total. The van der Waals surface area contributed by atoms with Gasteiger partial charge in [0.15, 0.2) is 11.6 Å². The highest BCUT2D eigenvalue weighted by Gasteiger charge is 2.32. The topological polar surface area (TPSA) is 99.7 Å². The molecule has 1 saturated heterocycles. The predicted molar refractivity (Wildman–Crippen MR) is 136 cm³/mol. The van der Waals surface area contributed by atoms with Gasteiger partial charge in [-0.05, 0) is 37.7 Å². The minimum absolute atomic E-state index is 0.000739. The lowest BCUT2D eigenvalue weighted by atomic mass is 10.1. The maximum Gasteiger partial charge on any atom is 0.573 e. The van der Waals surface area contributed by atoms with Gasteiger partial charge in [-0.25, -0.2) is 4.98 Å². The summed E-state index contributed by atoms with van der Waals surface area (Å²) < 4.78 is 42.9. The van der Waals surface area contributed by atoms with Crippen LogP contribution in [0, 0.1) is 6.92 Å². The molecule has 0 unspecified atom stereocenters. The van der Waals surface area contributed by atoms with Crippen LogP contribution in [0.25, 0.3) is 11.3 Å². The second kappa shape index (κ2) is 11.6. The van der Waals surface area contributed by atoms with E-state index in [1.165, 1.54) is 18.5 Å². The summed E-state index contributed by atoms with van der Waals surface area (Å²) in [5.41, 5.74) is 2.27. The number of alkyl halides is 3. The lowest BCUT2D eigenvalue weighted by Gasteiger charge is -2.31. The monoisotopic (exact) mass is 528 g/mol. The molecule has 9 nitrogen and oxygen atoms in total. The average Bonchev–Trinajstić information content (AvgIpc) is 2.86. The van der Waals surface area contributed by atoms with Crippen LogP contribution in [0.2, 0.25) is 0 Å². The molecule has 0 aliphatic carbocycles. The van der Waals surface area contributed by atoms with Gasteiger partial charge in [-0.2, -0.15) is 0 Å². The molecule has 2 aromatic carbocycles. The molecule has 0 saturated carbocycles. The highest BCUT2D eigenvalue weighted by molar-refractivity contribution is 6.05. The summed E-state index contributed by atoms with van der Waals surface area (Å²) in [6.45, 7) is 4.81. The standard InChI is InChI=1S/C26H27F3N6O3/c1-17-5-3-4-6-19(17)21-14-31-23(15-30-21)33-25(37)18-7-8-22(38-26(27,28)29)20(13-18)32-24(36)16-35-11-9-34(2)10-12-35/h3-8,13-15H,9-12,16H2,1-2H3,(H,32,36)(H,31,33,37). The molecule has 1 fully saturated rings. The van der Waals surface area contributed by atoms with E-state index in [9.17, 15) is 22.8 Å². The van der Waals surface area contributed by atoms with Crippen molar-refractivity contribution in [3.8, 4) is 17.0 Å². The second-order valence-electron chi connectivity index (χ2n) is 8.94. The van der Waals surface area contributed by atoms with Crippen molar-refractivity contribution in [1.29, 1.82) is 0 Å². The fraction of sp³-hybridized carbons (Fsp3) is 0.308. The molecule has 0 bridgehead atoms. The van der Waals surface area contributed by atoms with Crippen LogP contribution in [0.4, 0.5) is 24.7 Å². The van der Waals surface area contributed by atoms with E-state index in [4.69, 9.17) is 0 Å². The van der Waals surface area contributed by atoms with Gasteiger partial charge in [-0.15, -0.1) is 13.2 Å². The molecule has 3 aromatic rings. The number of aryl methyl sites for hydroxylation is 1. The SMILES string of the molecule is Cc1ccccc1-c1cnc(NC(=O)c2ccc(OC(F)(F)F)c(NC(=O)CN3CCN(C)CC3)c2)cn1. The molecule has 0 atom stereocenters. The summed E-state index contributed by atoms with van der Waals surface area (Å²) in [6, 6.07) is 10.9. The Balaban J connectivity index is 1.48. The van der Waals surface area contributed by atoms with Crippen molar-refractivity contribution in [2.24, 2.45) is 0 Å². The first-order valence-corrected chi connectivity index (χ1v) is 11.9. The average molecular weight is 529 g/mol. The van der Waals surface area contributed by atoms with Crippen molar-refractivity contribution in [2.75, 3.05) is 50.4 Å². The summed E-state index contributed by atoms with van der Waals surface area (Å²) in [6.07, 6.45) is -2.07. The molecule has 0 spiro atoms. The number of benzene rings is 2. The van der Waals surface area contributed by atoms with Crippen molar-refractivity contribution in [1.82, 2.24) is 19.8 Å². The fourth-order valence-corrected chi connectivity index (χ4v) is 3.96. The smallest absolute Gasteiger partial charge is 0.404 e. The van der Waals surface area contributed by atoms with Crippen molar-refractivity contribution in [2.45, 2.75) is 13.3 Å². The van der Waals surface area contributed by atoms with Gasteiger partial charge in [0, 0.05) is 37.3 Å². The van der Waals surface area contributed by atoms with Crippen LogP contribution in [-0.2, 0) is 4.79 Å². The van der Waals surface area contributed by atoms with Gasteiger partial charge in [0.2, 0.25) is 5.91 Å². The molecule has 200 valence electrons. The number of ether oxygens (including phenoxy) is 1. The molecular weight excluding hydrogens is 501 g/mol. The Labute approximate surface area is 217 Å². The number of hydrogen-bond acceptors (Lipinski definition) is 7. The quantitative estimate of drug-likeness (QED) is 0.482. The third-order valence-electron chi connectivity index (χ3n) is 6.02. The van der Waals surface area contributed by atoms with Gasteiger partial charge < -0.3 is 20.3 Å². The van der Waals surface area contributed by atoms with Crippen LogP contribution in [0.5, 0.6) is 5.75 Å². The predicted octanol–water partition coefficient (Wildman–Crippen LogP) is 3.79. The Kier molecular flexibility index (Phi) is 8.23. The van der Waals surface area contributed by atoms with Crippen molar-refractivity contribution in [3.63, 3.8) is 0 Å². The Morgan fingerprint density at radius 3 is 2.39 bits per heavy atom. The van der Waals surface area contributed by atoms with Gasteiger partial charge >= 0.3 is 6.36 Å². The minimum Gasteiger partial charge on any atom is -0.404 e. The minimum atomic E-state index is -4.98. The zero-order valence-corrected chi connectivity index (χ0v) is 20.9. The maximum atomic E-state index is 13.0. The van der Waals surface area contributed by atoms with Crippen molar-refractivity contribution >= 4 is 23.3 Å². The van der Waals surface area contributed by atoms with E-state index in [1.807, 2.05) is 43.1 Å². The lowest BCUT2D eigenvalue weighted by Crippen LogP contribution is -2.47. The first-order chi connectivity index (χ1) is 18.1. The molecule has 0 radical (unpaired) electrons. The summed E-state index contributed by atoms with van der Waals surface area (Å²) in [5, 5.41) is 5.02. The molecule has 38 heavy (non-hydrogen) atoms. The first-order valence-electron chi connectivity index (χ1n) is 11.9. The highest BCUT2D eigenvalue weighted by Crippen LogP contribution is 2.31. The maximum absolute atomic E-state index is 13.0. The van der Waals surface area contributed by atoms with E-state index in [0.29, 0.717) is 18.8 Å². The van der Waals surface area contributed by atoms with Crippen molar-refractivity contribution in [3.05, 3.63) is 66.0 Å². The number of nitrogens with zero attached hydrogens (tertiary/aromatic N) is 4. The van der Waals surface area contributed by atoms with E-state index >= 15 is 0 Å². The highest BCUT2D eigenvalue weighted by atomic mass is 19.4. The molecule has 12 heteroatoms. The van der Waals surface area contributed by atoms with Gasteiger partial charge in [0.1, 0.15) is 0 Å². The van der Waals surface area contributed by atoms with Crippen LogP contribution >= 0.6 is 0 Å². The number of carbonyl (C=O) groups is 2. The number of rotatable bonds is 7. The molecule has 2 heterocycles. The number of nitrogens with one attached hydrogen (secondary N) is 2. The molecule has 1 aromatic heterocycles. The zero-order valence-electron chi connectivity index (χ0n) is 20.9. The molecule has 1 aliphatic heterocycles. The second-order valence-corrected chi connectivity index (χ2v) is 8.94. The van der Waals surface area contributed by atoms with Crippen molar-refractivity contribution < 1.29 is 27.5 Å². The number of aromatic nitrogens is 2. The summed E-state index contributed by atoms with van der Waals surface area (Å²) in [7, 11) is 1.97. The summed E-state index contributed by atoms with van der Waals surface area (Å²) in [5.74, 6) is -1.63. The van der Waals surface area contributed by atoms with Gasteiger partial charge in [0.25, 0.3) is 5.91 Å². The Morgan fingerprint density at radius 2 is 1.74 bits per heavy atom. The third-order valence-corrected chi connectivity index (χ3v) is 6.02. The largest absolute Gasteiger partial charge is 0.573 e. The molecule has 2 amide bonds.